The van der Waals surface area contributed by atoms with E-state index in [1.807, 2.05) is 6.92 Å². The van der Waals surface area contributed by atoms with Crippen LogP contribution in [0.15, 0.2) is 10.1 Å². The summed E-state index contributed by atoms with van der Waals surface area (Å²) >= 11 is 0. The number of fused-ring (bicyclic) bond motifs is 1. The van der Waals surface area contributed by atoms with Crippen LogP contribution in [0, 0.1) is 11.8 Å². The van der Waals surface area contributed by atoms with Crippen LogP contribution < -0.4 is 5.32 Å². The molecule has 2 fully saturated rings. The lowest BCUT2D eigenvalue weighted by Crippen LogP contribution is -2.55. The van der Waals surface area contributed by atoms with Gasteiger partial charge < -0.3 is 20.4 Å². The van der Waals surface area contributed by atoms with Gasteiger partial charge in [-0.15, -0.1) is 0 Å². The molecule has 0 radical (unpaired) electrons. The minimum absolute atomic E-state index is 0.00601. The molecular weight excluding hydrogens is 538 g/mol. The molecule has 4 aliphatic rings. The predicted octanol–water partition coefficient (Wildman–Crippen LogP) is 3.70. The van der Waals surface area contributed by atoms with Gasteiger partial charge in [-0.3, -0.25) is 28.7 Å². The molecule has 8 unspecified atom stereocenters. The minimum Gasteiger partial charge on any atom is -0.481 e. The number of amides is 2. The zero-order valence-corrected chi connectivity index (χ0v) is 23.9. The second-order valence-corrected chi connectivity index (χ2v) is 11.9. The zero-order chi connectivity index (χ0) is 29.5. The standard InChI is InChI=1S/C29H44F2N4O6/c1-2-19(6-5-13-30)35-26(7-3-4-8-27(37)38)32-23-14-17(9-11-20(23)29(35)40)22-16-25(41-34-22)28(39)33-21-12-10-18(31)15-24(21)36/h17-21,23-25,36H,2-16H2,1H3,(H,33,39)(H,37,38). The monoisotopic (exact) mass is 582 g/mol. The SMILES string of the molecule is CCC(CCCF)N1C(=O)C2CCC(C3=NOC(C(=O)NC4CCC(F)CC4O)C3)CC2N=C1CCCCC(=O)O. The molecular formula is C29H44F2N4O6. The number of nitrogens with one attached hydrogen (secondary N) is 1. The van der Waals surface area contributed by atoms with Crippen LogP contribution in [0.5, 0.6) is 0 Å². The van der Waals surface area contributed by atoms with E-state index in [1.165, 1.54) is 0 Å². The average Bonchev–Trinajstić information content (AvgIpc) is 3.44. The summed E-state index contributed by atoms with van der Waals surface area (Å²) in [6, 6.07) is -0.887. The first-order valence-electron chi connectivity index (χ1n) is 15.2. The van der Waals surface area contributed by atoms with Crippen LogP contribution >= 0.6 is 0 Å². The Balaban J connectivity index is 1.40. The molecule has 2 amide bonds. The molecule has 230 valence electrons. The zero-order valence-electron chi connectivity index (χ0n) is 23.9. The maximum Gasteiger partial charge on any atom is 0.303 e. The summed E-state index contributed by atoms with van der Waals surface area (Å²) in [7, 11) is 0. The summed E-state index contributed by atoms with van der Waals surface area (Å²) in [6.07, 6.45) is 3.35. The van der Waals surface area contributed by atoms with Gasteiger partial charge in [-0.05, 0) is 64.2 Å². The summed E-state index contributed by atoms with van der Waals surface area (Å²) in [6.45, 7) is 1.54. The van der Waals surface area contributed by atoms with Crippen molar-refractivity contribution < 1.29 is 38.2 Å². The van der Waals surface area contributed by atoms with Gasteiger partial charge in [-0.2, -0.15) is 0 Å². The van der Waals surface area contributed by atoms with E-state index in [-0.39, 0.29) is 48.6 Å². The van der Waals surface area contributed by atoms with Crippen molar-refractivity contribution in [2.75, 3.05) is 6.67 Å². The molecule has 8 atom stereocenters. The molecule has 3 N–H and O–H groups in total. The van der Waals surface area contributed by atoms with Crippen molar-refractivity contribution in [2.45, 2.75) is 133 Å². The lowest BCUT2D eigenvalue weighted by Gasteiger charge is -2.44. The first-order chi connectivity index (χ1) is 19.7. The van der Waals surface area contributed by atoms with Crippen LogP contribution in [0.1, 0.15) is 96.8 Å². The fourth-order valence-electron chi connectivity index (χ4n) is 6.72. The number of rotatable bonds is 13. The Morgan fingerprint density at radius 1 is 1.17 bits per heavy atom. The second-order valence-electron chi connectivity index (χ2n) is 11.9. The third kappa shape index (κ3) is 7.81. The van der Waals surface area contributed by atoms with Crippen LogP contribution in [-0.4, -0.2) is 87.6 Å². The normalized spacial score (nSPS) is 32.4. The molecule has 0 bridgehead atoms. The molecule has 41 heavy (non-hydrogen) atoms. The fraction of sp³-hybridized carbons (Fsp3) is 0.828. The predicted molar refractivity (Wildman–Crippen MR) is 148 cm³/mol. The highest BCUT2D eigenvalue weighted by atomic mass is 19.1. The van der Waals surface area contributed by atoms with Crippen molar-refractivity contribution in [3.8, 4) is 0 Å². The van der Waals surface area contributed by atoms with Crippen molar-refractivity contribution >= 4 is 29.3 Å². The van der Waals surface area contributed by atoms with Crippen molar-refractivity contribution in [1.82, 2.24) is 10.2 Å². The second kappa shape index (κ2) is 14.5. The first-order valence-corrected chi connectivity index (χ1v) is 15.2. The summed E-state index contributed by atoms with van der Waals surface area (Å²) in [5, 5.41) is 26.2. The quantitative estimate of drug-likeness (QED) is 0.283. The van der Waals surface area contributed by atoms with Gasteiger partial charge in [0.05, 0.1) is 36.5 Å². The summed E-state index contributed by atoms with van der Waals surface area (Å²) < 4.78 is 26.5. The van der Waals surface area contributed by atoms with E-state index in [9.17, 15) is 28.3 Å². The molecule has 0 aromatic rings. The Hall–Kier alpha value is -2.63. The first kappa shape index (κ1) is 31.3. The van der Waals surface area contributed by atoms with Gasteiger partial charge in [0.2, 0.25) is 12.0 Å². The molecule has 0 saturated heterocycles. The maximum atomic E-state index is 13.8. The topological polar surface area (TPSA) is 141 Å². The molecule has 2 heterocycles. The number of oxime groups is 1. The number of hydrogen-bond donors (Lipinski definition) is 3. The van der Waals surface area contributed by atoms with Gasteiger partial charge in [0.25, 0.3) is 5.91 Å². The van der Waals surface area contributed by atoms with Crippen molar-refractivity contribution in [2.24, 2.45) is 22.0 Å². The Bertz CT molecular complexity index is 1010. The largest absolute Gasteiger partial charge is 0.481 e. The van der Waals surface area contributed by atoms with Gasteiger partial charge in [0, 0.05) is 37.6 Å². The lowest BCUT2D eigenvalue weighted by molar-refractivity contribution is -0.138. The molecule has 10 nitrogen and oxygen atoms in total. The van der Waals surface area contributed by atoms with E-state index in [4.69, 9.17) is 14.9 Å². The molecule has 2 aliphatic carbocycles. The van der Waals surface area contributed by atoms with Gasteiger partial charge in [0.1, 0.15) is 12.0 Å². The molecule has 12 heteroatoms. The lowest BCUT2D eigenvalue weighted by atomic mass is 9.74. The number of carbonyl (C=O) groups is 3. The van der Waals surface area contributed by atoms with E-state index in [1.54, 1.807) is 4.90 Å². The highest BCUT2D eigenvalue weighted by Crippen LogP contribution is 2.39. The van der Waals surface area contributed by atoms with E-state index >= 15 is 0 Å². The molecule has 2 saturated carbocycles. The van der Waals surface area contributed by atoms with E-state index in [2.05, 4.69) is 10.5 Å². The number of carboxylic acids is 1. The number of aliphatic hydroxyl groups is 1. The third-order valence-corrected chi connectivity index (χ3v) is 9.05. The Kier molecular flexibility index (Phi) is 11.1. The van der Waals surface area contributed by atoms with E-state index in [0.717, 1.165) is 5.71 Å². The minimum atomic E-state index is -1.05. The molecule has 2 aliphatic heterocycles. The Labute approximate surface area is 240 Å². The molecule has 4 rings (SSSR count). The number of nitrogens with zero attached hydrogens (tertiary/aromatic N) is 3. The number of amidine groups is 1. The summed E-state index contributed by atoms with van der Waals surface area (Å²) in [4.78, 5) is 49.9. The van der Waals surface area contributed by atoms with E-state index in [0.29, 0.717) is 82.9 Å². The summed E-state index contributed by atoms with van der Waals surface area (Å²) in [5.41, 5.74) is 0.763. The van der Waals surface area contributed by atoms with Crippen molar-refractivity contribution in [3.63, 3.8) is 0 Å². The number of carboxylic acid groups (broad SMARTS) is 1. The molecule has 0 aromatic heterocycles. The van der Waals surface area contributed by atoms with Crippen LogP contribution in [0.4, 0.5) is 8.78 Å². The number of unbranched alkanes of at least 4 members (excludes halogenated alkanes) is 1. The number of aliphatic carboxylic acids is 1. The van der Waals surface area contributed by atoms with Gasteiger partial charge in [-0.25, -0.2) is 4.39 Å². The highest BCUT2D eigenvalue weighted by molar-refractivity contribution is 6.02. The smallest absolute Gasteiger partial charge is 0.303 e. The Morgan fingerprint density at radius 2 is 1.98 bits per heavy atom. The number of carbonyl (C=O) groups excluding carboxylic acids is 2. The molecule has 0 spiro atoms. The highest BCUT2D eigenvalue weighted by Gasteiger charge is 2.46. The fourth-order valence-corrected chi connectivity index (χ4v) is 6.72. The number of hydrogen-bond acceptors (Lipinski definition) is 7. The Morgan fingerprint density at radius 3 is 2.68 bits per heavy atom. The maximum absolute atomic E-state index is 13.8. The number of aliphatic imine (C=N–C) groups is 1. The third-order valence-electron chi connectivity index (χ3n) is 9.05. The van der Waals surface area contributed by atoms with Gasteiger partial charge in [0.15, 0.2) is 0 Å². The van der Waals surface area contributed by atoms with Gasteiger partial charge >= 0.3 is 5.97 Å². The number of aliphatic hydroxyl groups excluding tert-OH is 1. The van der Waals surface area contributed by atoms with Crippen LogP contribution in [0.25, 0.3) is 0 Å². The average molecular weight is 583 g/mol. The van der Waals surface area contributed by atoms with Gasteiger partial charge in [-0.1, -0.05) is 12.1 Å². The van der Waals surface area contributed by atoms with Crippen molar-refractivity contribution in [3.05, 3.63) is 0 Å². The number of halogens is 2. The van der Waals surface area contributed by atoms with Crippen molar-refractivity contribution in [1.29, 1.82) is 0 Å². The van der Waals surface area contributed by atoms with E-state index < -0.39 is 37.1 Å². The molecule has 0 aromatic carbocycles. The van der Waals surface area contributed by atoms with Crippen LogP contribution in [0.3, 0.4) is 0 Å². The van der Waals surface area contributed by atoms with Crippen LogP contribution in [0.2, 0.25) is 0 Å². The van der Waals surface area contributed by atoms with Crippen LogP contribution in [-0.2, 0) is 19.2 Å². The number of alkyl halides is 2. The summed E-state index contributed by atoms with van der Waals surface area (Å²) in [5.74, 6) is -0.818.